The van der Waals surface area contributed by atoms with Crippen molar-refractivity contribution < 1.29 is 9.90 Å². The van der Waals surface area contributed by atoms with Gasteiger partial charge >= 0.3 is 0 Å². The van der Waals surface area contributed by atoms with Crippen LogP contribution in [0.2, 0.25) is 0 Å². The van der Waals surface area contributed by atoms with Gasteiger partial charge in [0.2, 0.25) is 0 Å². The highest BCUT2D eigenvalue weighted by Gasteiger charge is 1.83. The third kappa shape index (κ3) is 4.68. The third-order valence-corrected chi connectivity index (χ3v) is 1.63. The summed E-state index contributed by atoms with van der Waals surface area (Å²) in [5, 5.41) is 6.89. The van der Waals surface area contributed by atoms with E-state index in [9.17, 15) is 0 Å². The summed E-state index contributed by atoms with van der Waals surface area (Å²) >= 11 is 3.34. The van der Waals surface area contributed by atoms with E-state index in [0.29, 0.717) is 0 Å². The van der Waals surface area contributed by atoms with Crippen LogP contribution >= 0.6 is 15.9 Å². The van der Waals surface area contributed by atoms with Gasteiger partial charge in [-0.1, -0.05) is 40.7 Å². The molecule has 0 aliphatic rings. The standard InChI is InChI=1S/C8H7Br.CH2O2/c1-2-7-3-5-8(9)6-4-7;2-1-3/h2-6H,1H2;1H,(H,2,3). The monoisotopic (exact) mass is 228 g/mol. The topological polar surface area (TPSA) is 37.3 Å². The zero-order valence-electron chi connectivity index (χ0n) is 6.40. The van der Waals surface area contributed by atoms with Crippen LogP contribution in [0.3, 0.4) is 0 Å². The summed E-state index contributed by atoms with van der Waals surface area (Å²) in [7, 11) is 0. The Hall–Kier alpha value is -1.09. The Balaban J connectivity index is 0.000000354. The molecular formula is C9H9BrO2. The summed E-state index contributed by atoms with van der Waals surface area (Å²) in [4.78, 5) is 8.36. The molecule has 1 rings (SSSR count). The Morgan fingerprint density at radius 3 is 2.08 bits per heavy atom. The number of hydrogen-bond acceptors (Lipinski definition) is 1. The van der Waals surface area contributed by atoms with E-state index in [1.165, 1.54) is 0 Å². The minimum atomic E-state index is -0.250. The fraction of sp³-hybridized carbons (Fsp3) is 0. The van der Waals surface area contributed by atoms with Gasteiger partial charge in [0.05, 0.1) is 0 Å². The van der Waals surface area contributed by atoms with Crippen molar-refractivity contribution in [3.8, 4) is 0 Å². The van der Waals surface area contributed by atoms with Gasteiger partial charge in [0.15, 0.2) is 0 Å². The van der Waals surface area contributed by atoms with Gasteiger partial charge in [0, 0.05) is 4.47 Å². The number of rotatable bonds is 1. The molecule has 0 atom stereocenters. The molecule has 0 fully saturated rings. The van der Waals surface area contributed by atoms with Gasteiger partial charge < -0.3 is 5.11 Å². The van der Waals surface area contributed by atoms with Crippen LogP contribution in [-0.4, -0.2) is 11.6 Å². The van der Waals surface area contributed by atoms with Crippen LogP contribution in [0.1, 0.15) is 5.56 Å². The molecule has 0 bridgehead atoms. The fourth-order valence-corrected chi connectivity index (χ4v) is 0.863. The van der Waals surface area contributed by atoms with Gasteiger partial charge in [0.25, 0.3) is 6.47 Å². The summed E-state index contributed by atoms with van der Waals surface area (Å²) in [5.41, 5.74) is 1.15. The second-order valence-corrected chi connectivity index (χ2v) is 2.78. The third-order valence-electron chi connectivity index (χ3n) is 1.11. The van der Waals surface area contributed by atoms with Gasteiger partial charge in [-0.3, -0.25) is 4.79 Å². The van der Waals surface area contributed by atoms with Gasteiger partial charge in [0.1, 0.15) is 0 Å². The van der Waals surface area contributed by atoms with Crippen molar-refractivity contribution in [3.05, 3.63) is 40.9 Å². The Labute approximate surface area is 79.7 Å². The van der Waals surface area contributed by atoms with Crippen LogP contribution in [0.15, 0.2) is 35.3 Å². The van der Waals surface area contributed by atoms with Gasteiger partial charge in [-0.15, -0.1) is 0 Å². The molecule has 0 aliphatic heterocycles. The summed E-state index contributed by atoms with van der Waals surface area (Å²) in [6.07, 6.45) is 1.83. The lowest BCUT2D eigenvalue weighted by Crippen LogP contribution is -1.67. The second-order valence-electron chi connectivity index (χ2n) is 1.86. The lowest BCUT2D eigenvalue weighted by Gasteiger charge is -1.90. The largest absolute Gasteiger partial charge is 0.483 e. The summed E-state index contributed by atoms with van der Waals surface area (Å²) < 4.78 is 1.10. The predicted octanol–water partition coefficient (Wildman–Crippen LogP) is 2.79. The fourth-order valence-electron chi connectivity index (χ4n) is 0.599. The molecular weight excluding hydrogens is 220 g/mol. The van der Waals surface area contributed by atoms with E-state index < -0.39 is 0 Å². The molecule has 64 valence electrons. The van der Waals surface area contributed by atoms with Gasteiger partial charge in [-0.25, -0.2) is 0 Å². The van der Waals surface area contributed by atoms with E-state index in [-0.39, 0.29) is 6.47 Å². The van der Waals surface area contributed by atoms with Crippen LogP contribution in [-0.2, 0) is 4.79 Å². The molecule has 0 saturated heterocycles. The molecule has 1 aromatic carbocycles. The summed E-state index contributed by atoms with van der Waals surface area (Å²) in [5.74, 6) is 0. The smallest absolute Gasteiger partial charge is 0.290 e. The lowest BCUT2D eigenvalue weighted by molar-refractivity contribution is -0.122. The van der Waals surface area contributed by atoms with Crippen molar-refractivity contribution in [1.29, 1.82) is 0 Å². The van der Waals surface area contributed by atoms with Crippen LogP contribution in [0, 0.1) is 0 Å². The Kier molecular flexibility index (Phi) is 6.01. The average Bonchev–Trinajstić information content (AvgIpc) is 2.07. The first-order chi connectivity index (χ1) is 5.74. The maximum Gasteiger partial charge on any atom is 0.290 e. The first-order valence-corrected chi connectivity index (χ1v) is 3.99. The lowest BCUT2D eigenvalue weighted by atomic mass is 10.2. The molecule has 3 heteroatoms. The number of hydrogen-bond donors (Lipinski definition) is 1. The Bertz CT molecular complexity index is 241. The van der Waals surface area contributed by atoms with Crippen molar-refractivity contribution in [3.63, 3.8) is 0 Å². The average molecular weight is 229 g/mol. The highest BCUT2D eigenvalue weighted by Crippen LogP contribution is 2.10. The maximum atomic E-state index is 8.36. The highest BCUT2D eigenvalue weighted by molar-refractivity contribution is 9.10. The van der Waals surface area contributed by atoms with E-state index in [1.54, 1.807) is 0 Å². The molecule has 0 amide bonds. The molecule has 0 spiro atoms. The molecule has 12 heavy (non-hydrogen) atoms. The molecule has 0 heterocycles. The minimum Gasteiger partial charge on any atom is -0.483 e. The quantitative estimate of drug-likeness (QED) is 0.751. The van der Waals surface area contributed by atoms with Crippen molar-refractivity contribution in [2.75, 3.05) is 0 Å². The van der Waals surface area contributed by atoms with Crippen molar-refractivity contribution >= 4 is 28.5 Å². The summed E-state index contributed by atoms with van der Waals surface area (Å²) in [6, 6.07) is 8.02. The van der Waals surface area contributed by atoms with Crippen LogP contribution < -0.4 is 0 Å². The van der Waals surface area contributed by atoms with Crippen LogP contribution in [0.5, 0.6) is 0 Å². The maximum absolute atomic E-state index is 8.36. The molecule has 0 radical (unpaired) electrons. The zero-order chi connectivity index (χ0) is 9.40. The van der Waals surface area contributed by atoms with E-state index in [2.05, 4.69) is 22.5 Å². The van der Waals surface area contributed by atoms with Gasteiger partial charge in [-0.2, -0.15) is 0 Å². The summed E-state index contributed by atoms with van der Waals surface area (Å²) in [6.45, 7) is 3.40. The SMILES string of the molecule is C=Cc1ccc(Br)cc1.O=CO. The van der Waals surface area contributed by atoms with E-state index >= 15 is 0 Å². The molecule has 1 aromatic rings. The number of halogens is 1. The predicted molar refractivity (Wildman–Crippen MR) is 52.9 cm³/mol. The van der Waals surface area contributed by atoms with Gasteiger partial charge in [-0.05, 0) is 17.7 Å². The molecule has 0 saturated carbocycles. The minimum absolute atomic E-state index is 0.250. The van der Waals surface area contributed by atoms with Crippen molar-refractivity contribution in [1.82, 2.24) is 0 Å². The highest BCUT2D eigenvalue weighted by atomic mass is 79.9. The molecule has 0 aliphatic carbocycles. The number of benzene rings is 1. The normalized spacial score (nSPS) is 7.75. The van der Waals surface area contributed by atoms with E-state index in [1.807, 2.05) is 30.3 Å². The Morgan fingerprint density at radius 2 is 1.75 bits per heavy atom. The molecule has 0 unspecified atom stereocenters. The van der Waals surface area contributed by atoms with Crippen molar-refractivity contribution in [2.45, 2.75) is 0 Å². The Morgan fingerprint density at radius 1 is 1.33 bits per heavy atom. The zero-order valence-corrected chi connectivity index (χ0v) is 7.99. The molecule has 1 N–H and O–H groups in total. The van der Waals surface area contributed by atoms with E-state index in [0.717, 1.165) is 10.0 Å². The number of carboxylic acid groups (broad SMARTS) is 1. The van der Waals surface area contributed by atoms with E-state index in [4.69, 9.17) is 9.90 Å². The van der Waals surface area contributed by atoms with Crippen LogP contribution in [0.4, 0.5) is 0 Å². The van der Waals surface area contributed by atoms with Crippen LogP contribution in [0.25, 0.3) is 6.08 Å². The number of carbonyl (C=O) groups is 1. The van der Waals surface area contributed by atoms with Crippen molar-refractivity contribution in [2.24, 2.45) is 0 Å². The first kappa shape index (κ1) is 10.9. The molecule has 2 nitrogen and oxygen atoms in total. The molecule has 0 aromatic heterocycles. The first-order valence-electron chi connectivity index (χ1n) is 3.20. The second kappa shape index (κ2) is 6.61.